The van der Waals surface area contributed by atoms with Gasteiger partial charge in [-0.1, -0.05) is 30.3 Å². The lowest BCUT2D eigenvalue weighted by Crippen LogP contribution is -2.44. The molecular weight excluding hydrogens is 327 g/mol. The van der Waals surface area contributed by atoms with Crippen molar-refractivity contribution in [1.29, 1.82) is 0 Å². The second-order valence-electron chi connectivity index (χ2n) is 5.05. The number of benzene rings is 2. The van der Waals surface area contributed by atoms with Crippen molar-refractivity contribution in [3.8, 4) is 5.75 Å². The summed E-state index contributed by atoms with van der Waals surface area (Å²) >= 11 is 0. The minimum atomic E-state index is -4.67. The van der Waals surface area contributed by atoms with E-state index in [2.05, 4.69) is 4.74 Å². The monoisotopic (exact) mass is 341 g/mol. The Bertz CT molecular complexity index is 773. The van der Waals surface area contributed by atoms with E-state index in [-0.39, 0.29) is 11.3 Å². The van der Waals surface area contributed by atoms with Crippen LogP contribution in [0.4, 0.5) is 13.2 Å². The van der Waals surface area contributed by atoms with Gasteiger partial charge < -0.3 is 15.2 Å². The van der Waals surface area contributed by atoms with Crippen LogP contribution in [-0.2, 0) is 9.53 Å². The zero-order valence-corrected chi connectivity index (χ0v) is 12.6. The van der Waals surface area contributed by atoms with Gasteiger partial charge in [-0.3, -0.25) is 4.79 Å². The fourth-order valence-electron chi connectivity index (χ4n) is 2.24. The second-order valence-corrected chi connectivity index (χ2v) is 5.05. The van der Waals surface area contributed by atoms with E-state index >= 15 is 0 Å². The molecule has 0 spiro atoms. The quantitative estimate of drug-likeness (QED) is 0.839. The molecule has 1 unspecified atom stereocenters. The van der Waals surface area contributed by atoms with Gasteiger partial charge in [0.05, 0.1) is 19.1 Å². The molecule has 2 rings (SSSR count). The highest BCUT2D eigenvalue weighted by molar-refractivity contribution is 6.04. The van der Waals surface area contributed by atoms with E-state index in [4.69, 9.17) is 0 Å². The molecule has 0 radical (unpaired) electrons. The fraction of sp³-hybridized carbons (Fsp3) is 0.250. The van der Waals surface area contributed by atoms with Crippen LogP contribution in [-0.4, -0.2) is 36.3 Å². The van der Waals surface area contributed by atoms with E-state index in [0.29, 0.717) is 10.8 Å². The molecule has 8 heteroatoms. The van der Waals surface area contributed by atoms with E-state index in [1.54, 1.807) is 30.3 Å². The zero-order chi connectivity index (χ0) is 17.9. The number of rotatable bonds is 4. The maximum Gasteiger partial charge on any atom is 0.391 e. The van der Waals surface area contributed by atoms with Crippen molar-refractivity contribution < 1.29 is 32.6 Å². The Balaban J connectivity index is 2.30. The molecule has 0 aliphatic rings. The van der Waals surface area contributed by atoms with E-state index < -0.39 is 30.5 Å². The van der Waals surface area contributed by atoms with Gasteiger partial charge in [-0.2, -0.15) is 13.2 Å². The van der Waals surface area contributed by atoms with Gasteiger partial charge in [0, 0.05) is 5.39 Å². The van der Waals surface area contributed by atoms with Crippen LogP contribution in [0.3, 0.4) is 0 Å². The molecule has 0 aromatic heterocycles. The molecule has 1 amide bonds. The summed E-state index contributed by atoms with van der Waals surface area (Å²) in [5.41, 5.74) is -0.232. The lowest BCUT2D eigenvalue weighted by Gasteiger charge is -2.18. The summed E-state index contributed by atoms with van der Waals surface area (Å²) in [6.07, 6.45) is -6.24. The number of esters is 1. The van der Waals surface area contributed by atoms with Crippen LogP contribution in [0, 0.1) is 0 Å². The first kappa shape index (κ1) is 17.6. The Labute approximate surface area is 135 Å². The second kappa shape index (κ2) is 6.77. The highest BCUT2D eigenvalue weighted by Crippen LogP contribution is 2.29. The smallest absolute Gasteiger partial charge is 0.391 e. The van der Waals surface area contributed by atoms with Crippen molar-refractivity contribution in [1.82, 2.24) is 5.32 Å². The molecule has 0 saturated heterocycles. The third-order valence-electron chi connectivity index (χ3n) is 3.37. The average molecular weight is 341 g/mol. The molecule has 128 valence electrons. The number of fused-ring (bicyclic) bond motifs is 1. The number of hydrogen-bond acceptors (Lipinski definition) is 4. The van der Waals surface area contributed by atoms with Crippen molar-refractivity contribution in [3.05, 3.63) is 42.0 Å². The molecule has 0 aliphatic heterocycles. The maximum atomic E-state index is 12.5. The Morgan fingerprint density at radius 2 is 1.88 bits per heavy atom. The maximum absolute atomic E-state index is 12.5. The number of halogens is 3. The van der Waals surface area contributed by atoms with E-state index in [1.165, 1.54) is 6.07 Å². The largest absolute Gasteiger partial charge is 0.506 e. The number of methoxy groups -OCH3 is 1. The Morgan fingerprint density at radius 1 is 1.21 bits per heavy atom. The van der Waals surface area contributed by atoms with Gasteiger partial charge in [0.25, 0.3) is 5.91 Å². The van der Waals surface area contributed by atoms with Crippen LogP contribution in [0.1, 0.15) is 16.8 Å². The number of carbonyl (C=O) groups excluding carboxylic acids is 2. The molecule has 2 aromatic rings. The summed E-state index contributed by atoms with van der Waals surface area (Å²) in [4.78, 5) is 23.6. The first-order valence-electron chi connectivity index (χ1n) is 6.89. The molecule has 0 fully saturated rings. The number of nitrogens with one attached hydrogen (secondary N) is 1. The minimum absolute atomic E-state index is 0.232. The van der Waals surface area contributed by atoms with Crippen LogP contribution < -0.4 is 5.32 Å². The molecule has 1 atom stereocenters. The lowest BCUT2D eigenvalue weighted by atomic mass is 10.0. The van der Waals surface area contributed by atoms with Crippen LogP contribution in [0.2, 0.25) is 0 Å². The molecule has 0 aliphatic carbocycles. The third-order valence-corrected chi connectivity index (χ3v) is 3.37. The van der Waals surface area contributed by atoms with Crippen molar-refractivity contribution >= 4 is 22.6 Å². The summed E-state index contributed by atoms with van der Waals surface area (Å²) in [5.74, 6) is -2.60. The number of hydrogen-bond donors (Lipinski definition) is 2. The summed E-state index contributed by atoms with van der Waals surface area (Å²) < 4.78 is 41.9. The Hall–Kier alpha value is -2.77. The normalized spacial score (nSPS) is 12.7. The first-order valence-corrected chi connectivity index (χ1v) is 6.89. The van der Waals surface area contributed by atoms with Crippen molar-refractivity contribution in [3.63, 3.8) is 0 Å². The highest BCUT2D eigenvalue weighted by Gasteiger charge is 2.37. The van der Waals surface area contributed by atoms with Crippen LogP contribution in [0.5, 0.6) is 5.75 Å². The number of carbonyl (C=O) groups is 2. The number of ether oxygens (including phenoxy) is 1. The van der Waals surface area contributed by atoms with Gasteiger partial charge in [0.1, 0.15) is 11.8 Å². The minimum Gasteiger partial charge on any atom is -0.506 e. The van der Waals surface area contributed by atoms with E-state index in [9.17, 15) is 27.9 Å². The fourth-order valence-corrected chi connectivity index (χ4v) is 2.24. The topological polar surface area (TPSA) is 75.6 Å². The zero-order valence-electron chi connectivity index (χ0n) is 12.6. The van der Waals surface area contributed by atoms with Gasteiger partial charge in [-0.05, 0) is 11.5 Å². The van der Waals surface area contributed by atoms with Gasteiger partial charge in [-0.25, -0.2) is 4.79 Å². The molecule has 5 nitrogen and oxygen atoms in total. The number of alkyl halides is 3. The Kier molecular flexibility index (Phi) is 4.96. The number of aromatic hydroxyl groups is 1. The van der Waals surface area contributed by atoms with E-state index in [1.807, 2.05) is 5.32 Å². The lowest BCUT2D eigenvalue weighted by molar-refractivity contribution is -0.160. The molecule has 0 saturated carbocycles. The molecule has 24 heavy (non-hydrogen) atoms. The standard InChI is InChI=1S/C16H14F3NO4/c1-24-15(23)12(8-16(17,18)19)20-14(22)11-7-6-9-4-2-3-5-10(9)13(11)21/h2-7,12,21H,8H2,1H3,(H,20,22). The summed E-state index contributed by atoms with van der Waals surface area (Å²) in [7, 11) is 0.922. The van der Waals surface area contributed by atoms with Crippen LogP contribution in [0.25, 0.3) is 10.8 Å². The molecule has 0 bridgehead atoms. The van der Waals surface area contributed by atoms with Crippen molar-refractivity contribution in [2.45, 2.75) is 18.6 Å². The van der Waals surface area contributed by atoms with E-state index in [0.717, 1.165) is 7.11 Å². The van der Waals surface area contributed by atoms with Crippen LogP contribution in [0.15, 0.2) is 36.4 Å². The molecule has 0 heterocycles. The van der Waals surface area contributed by atoms with Gasteiger partial charge in [0.15, 0.2) is 0 Å². The average Bonchev–Trinajstić information content (AvgIpc) is 2.52. The van der Waals surface area contributed by atoms with Gasteiger partial charge >= 0.3 is 12.1 Å². The van der Waals surface area contributed by atoms with Gasteiger partial charge in [-0.15, -0.1) is 0 Å². The molecule has 2 aromatic carbocycles. The number of amides is 1. The summed E-state index contributed by atoms with van der Waals surface area (Å²) in [5, 5.41) is 13.1. The highest BCUT2D eigenvalue weighted by atomic mass is 19.4. The summed E-state index contributed by atoms with van der Waals surface area (Å²) in [6.45, 7) is 0. The predicted molar refractivity (Wildman–Crippen MR) is 79.6 cm³/mol. The van der Waals surface area contributed by atoms with Crippen molar-refractivity contribution in [2.75, 3.05) is 7.11 Å². The van der Waals surface area contributed by atoms with Crippen LogP contribution >= 0.6 is 0 Å². The van der Waals surface area contributed by atoms with Gasteiger partial charge in [0.2, 0.25) is 0 Å². The number of phenolic OH excluding ortho intramolecular Hbond substituents is 1. The molecule has 2 N–H and O–H groups in total. The third kappa shape index (κ3) is 3.95. The predicted octanol–water partition coefficient (Wildman–Crippen LogP) is 2.77. The molecular formula is C16H14F3NO4. The Morgan fingerprint density at radius 3 is 2.50 bits per heavy atom. The first-order chi connectivity index (χ1) is 11.2. The SMILES string of the molecule is COC(=O)C(CC(F)(F)F)NC(=O)c1ccc2ccccc2c1O. The summed E-state index contributed by atoms with van der Waals surface area (Å²) in [6, 6.07) is 7.57. The van der Waals surface area contributed by atoms with Crippen molar-refractivity contribution in [2.24, 2.45) is 0 Å². The number of phenols is 1.